The highest BCUT2D eigenvalue weighted by Crippen LogP contribution is 2.37. The molecule has 0 spiro atoms. The monoisotopic (exact) mass is 280 g/mol. The van der Waals surface area contributed by atoms with Crippen LogP contribution in [0.5, 0.6) is 0 Å². The van der Waals surface area contributed by atoms with Crippen molar-refractivity contribution in [2.75, 3.05) is 13.1 Å². The lowest BCUT2D eigenvalue weighted by Crippen LogP contribution is -2.49. The van der Waals surface area contributed by atoms with Crippen molar-refractivity contribution in [1.82, 2.24) is 4.90 Å². The van der Waals surface area contributed by atoms with Gasteiger partial charge in [-0.05, 0) is 42.7 Å². The van der Waals surface area contributed by atoms with E-state index in [2.05, 4.69) is 43.2 Å². The van der Waals surface area contributed by atoms with Crippen LogP contribution in [0, 0.1) is 11.8 Å². The zero-order valence-electron chi connectivity index (χ0n) is 12.5. The van der Waals surface area contributed by atoms with Crippen LogP contribution < -0.4 is 5.73 Å². The number of nitrogens with two attached hydrogens (primary N) is 1. The molecule has 1 aliphatic heterocycles. The highest BCUT2D eigenvalue weighted by atomic mass is 32.1. The molecule has 1 aliphatic rings. The molecule has 2 rings (SSSR count). The topological polar surface area (TPSA) is 29.3 Å². The zero-order chi connectivity index (χ0) is 13.8. The largest absolute Gasteiger partial charge is 0.329 e. The van der Waals surface area contributed by atoms with Gasteiger partial charge in [0.25, 0.3) is 0 Å². The standard InChI is InChI=1S/C16H28N2S/c1-4-13-7-8-18(14(10-13)11-17)16(12(2)3)15-6-5-9-19-15/h5-6,9,12-14,16H,4,7-8,10-11,17H2,1-3H3. The molecule has 0 aromatic carbocycles. The molecule has 1 fully saturated rings. The molecule has 3 atom stereocenters. The molecule has 3 heteroatoms. The molecule has 0 bridgehead atoms. The normalized spacial score (nSPS) is 26.8. The Bertz CT molecular complexity index is 361. The molecule has 1 aromatic heterocycles. The number of likely N-dealkylation sites (tertiary alicyclic amines) is 1. The fourth-order valence-electron chi connectivity index (χ4n) is 3.46. The van der Waals surface area contributed by atoms with Gasteiger partial charge in [0, 0.05) is 23.5 Å². The maximum atomic E-state index is 6.06. The van der Waals surface area contributed by atoms with E-state index >= 15 is 0 Å². The van der Waals surface area contributed by atoms with Gasteiger partial charge in [-0.1, -0.05) is 33.3 Å². The molecule has 19 heavy (non-hydrogen) atoms. The minimum Gasteiger partial charge on any atom is -0.329 e. The van der Waals surface area contributed by atoms with Crippen LogP contribution in [0.4, 0.5) is 0 Å². The first-order valence-electron chi connectivity index (χ1n) is 7.66. The number of hydrogen-bond acceptors (Lipinski definition) is 3. The fourth-order valence-corrected chi connectivity index (χ4v) is 4.47. The van der Waals surface area contributed by atoms with Crippen LogP contribution in [0.25, 0.3) is 0 Å². The van der Waals surface area contributed by atoms with Gasteiger partial charge in [-0.3, -0.25) is 4.90 Å². The Morgan fingerprint density at radius 3 is 2.79 bits per heavy atom. The van der Waals surface area contributed by atoms with Crippen molar-refractivity contribution in [2.24, 2.45) is 17.6 Å². The van der Waals surface area contributed by atoms with Crippen molar-refractivity contribution in [3.05, 3.63) is 22.4 Å². The summed E-state index contributed by atoms with van der Waals surface area (Å²) in [5.41, 5.74) is 6.06. The summed E-state index contributed by atoms with van der Waals surface area (Å²) < 4.78 is 0. The lowest BCUT2D eigenvalue weighted by molar-refractivity contribution is 0.0503. The number of rotatable bonds is 5. The maximum Gasteiger partial charge on any atom is 0.0467 e. The molecule has 108 valence electrons. The smallest absolute Gasteiger partial charge is 0.0467 e. The van der Waals surface area contributed by atoms with Crippen LogP contribution in [0.15, 0.2) is 17.5 Å². The second-order valence-corrected chi connectivity index (χ2v) is 7.11. The number of thiophene rings is 1. The third kappa shape index (κ3) is 3.39. The van der Waals surface area contributed by atoms with Crippen molar-refractivity contribution < 1.29 is 0 Å². The first-order valence-corrected chi connectivity index (χ1v) is 8.54. The van der Waals surface area contributed by atoms with Crippen molar-refractivity contribution in [2.45, 2.75) is 52.1 Å². The summed E-state index contributed by atoms with van der Waals surface area (Å²) in [5.74, 6) is 1.52. The summed E-state index contributed by atoms with van der Waals surface area (Å²) in [6, 6.07) is 5.57. The van der Waals surface area contributed by atoms with Gasteiger partial charge in [-0.15, -0.1) is 11.3 Å². The van der Waals surface area contributed by atoms with E-state index in [4.69, 9.17) is 5.73 Å². The second-order valence-electron chi connectivity index (χ2n) is 6.13. The van der Waals surface area contributed by atoms with Crippen LogP contribution >= 0.6 is 11.3 Å². The molecule has 2 nitrogen and oxygen atoms in total. The highest BCUT2D eigenvalue weighted by molar-refractivity contribution is 7.10. The van der Waals surface area contributed by atoms with E-state index in [-0.39, 0.29) is 0 Å². The molecule has 2 N–H and O–H groups in total. The van der Waals surface area contributed by atoms with Gasteiger partial charge in [0.15, 0.2) is 0 Å². The van der Waals surface area contributed by atoms with Gasteiger partial charge in [-0.25, -0.2) is 0 Å². The van der Waals surface area contributed by atoms with Crippen molar-refractivity contribution in [1.29, 1.82) is 0 Å². The average molecular weight is 280 g/mol. The summed E-state index contributed by atoms with van der Waals surface area (Å²) in [7, 11) is 0. The molecule has 0 amide bonds. The Morgan fingerprint density at radius 2 is 2.26 bits per heavy atom. The van der Waals surface area contributed by atoms with Gasteiger partial charge < -0.3 is 5.73 Å². The van der Waals surface area contributed by atoms with E-state index < -0.39 is 0 Å². The number of piperidine rings is 1. The molecule has 1 aromatic rings. The second kappa shape index (κ2) is 6.87. The summed E-state index contributed by atoms with van der Waals surface area (Å²) in [6.45, 7) is 8.99. The van der Waals surface area contributed by atoms with E-state index in [1.54, 1.807) is 0 Å². The molecule has 3 unspecified atom stereocenters. The molecule has 0 saturated carbocycles. The molecule has 2 heterocycles. The molecular formula is C16H28N2S. The highest BCUT2D eigenvalue weighted by Gasteiger charge is 2.34. The van der Waals surface area contributed by atoms with Gasteiger partial charge in [0.05, 0.1) is 0 Å². The Balaban J connectivity index is 2.17. The number of hydrogen-bond donors (Lipinski definition) is 1. The van der Waals surface area contributed by atoms with E-state index in [9.17, 15) is 0 Å². The van der Waals surface area contributed by atoms with E-state index in [1.807, 2.05) is 11.3 Å². The predicted molar refractivity (Wildman–Crippen MR) is 84.5 cm³/mol. The summed E-state index contributed by atoms with van der Waals surface area (Å²) in [5, 5.41) is 2.20. The zero-order valence-corrected chi connectivity index (χ0v) is 13.3. The van der Waals surface area contributed by atoms with E-state index in [0.29, 0.717) is 18.0 Å². The quantitative estimate of drug-likeness (QED) is 0.886. The van der Waals surface area contributed by atoms with Gasteiger partial charge in [0.1, 0.15) is 0 Å². The summed E-state index contributed by atoms with van der Waals surface area (Å²) in [4.78, 5) is 4.19. The first kappa shape index (κ1) is 15.0. The number of nitrogens with zero attached hydrogens (tertiary/aromatic N) is 1. The van der Waals surface area contributed by atoms with Crippen molar-refractivity contribution in [3.63, 3.8) is 0 Å². The fraction of sp³-hybridized carbons (Fsp3) is 0.750. The lowest BCUT2D eigenvalue weighted by Gasteiger charge is -2.44. The van der Waals surface area contributed by atoms with Crippen LogP contribution in [-0.2, 0) is 0 Å². The van der Waals surface area contributed by atoms with Crippen LogP contribution in [-0.4, -0.2) is 24.0 Å². The molecule has 0 aliphatic carbocycles. The van der Waals surface area contributed by atoms with Crippen LogP contribution in [0.3, 0.4) is 0 Å². The first-order chi connectivity index (χ1) is 9.17. The predicted octanol–water partition coefficient (Wildman–Crippen LogP) is 3.89. The molecule has 0 radical (unpaired) electrons. The molecule has 1 saturated heterocycles. The maximum absolute atomic E-state index is 6.06. The third-order valence-electron chi connectivity index (χ3n) is 4.54. The van der Waals surface area contributed by atoms with Gasteiger partial charge in [-0.2, -0.15) is 0 Å². The van der Waals surface area contributed by atoms with Gasteiger partial charge >= 0.3 is 0 Å². The van der Waals surface area contributed by atoms with E-state index in [0.717, 1.165) is 12.5 Å². The lowest BCUT2D eigenvalue weighted by atomic mass is 9.86. The minimum absolute atomic E-state index is 0.548. The van der Waals surface area contributed by atoms with Gasteiger partial charge in [0.2, 0.25) is 0 Å². The Labute approximate surface area is 122 Å². The average Bonchev–Trinajstić information content (AvgIpc) is 2.92. The van der Waals surface area contributed by atoms with Crippen molar-refractivity contribution in [3.8, 4) is 0 Å². The minimum atomic E-state index is 0.548. The SMILES string of the molecule is CCC1CCN(C(c2cccs2)C(C)C)C(CN)C1. The summed E-state index contributed by atoms with van der Waals surface area (Å²) in [6.07, 6.45) is 3.92. The van der Waals surface area contributed by atoms with Crippen LogP contribution in [0.2, 0.25) is 0 Å². The van der Waals surface area contributed by atoms with Crippen LogP contribution in [0.1, 0.15) is 51.0 Å². The summed E-state index contributed by atoms with van der Waals surface area (Å²) >= 11 is 1.89. The molecular weight excluding hydrogens is 252 g/mol. The Kier molecular flexibility index (Phi) is 5.43. The van der Waals surface area contributed by atoms with Crippen molar-refractivity contribution >= 4 is 11.3 Å². The van der Waals surface area contributed by atoms with E-state index in [1.165, 1.54) is 30.7 Å². The Morgan fingerprint density at radius 1 is 1.47 bits per heavy atom. The Hall–Kier alpha value is -0.380. The third-order valence-corrected chi connectivity index (χ3v) is 5.49.